The molecule has 1 atom stereocenters. The summed E-state index contributed by atoms with van der Waals surface area (Å²) < 4.78 is 70.1. The molecule has 3 heterocycles. The molecular weight excluding hydrogens is 523 g/mol. The molecule has 3 N–H and O–H groups in total. The summed E-state index contributed by atoms with van der Waals surface area (Å²) in [6.07, 6.45) is -2.76. The zero-order valence-corrected chi connectivity index (χ0v) is 21.6. The lowest BCUT2D eigenvalue weighted by molar-refractivity contribution is -0.274. The number of ether oxygens (including phenoxy) is 1. The predicted octanol–water partition coefficient (Wildman–Crippen LogP) is 4.37. The van der Waals surface area contributed by atoms with Gasteiger partial charge in [-0.3, -0.25) is 4.79 Å². The van der Waals surface area contributed by atoms with Gasteiger partial charge in [0, 0.05) is 23.8 Å². The zero-order valence-electron chi connectivity index (χ0n) is 20.8. The third-order valence-corrected chi connectivity index (χ3v) is 7.51. The van der Waals surface area contributed by atoms with E-state index in [-0.39, 0.29) is 33.7 Å². The van der Waals surface area contributed by atoms with E-state index in [1.807, 2.05) is 30.4 Å². The van der Waals surface area contributed by atoms with Gasteiger partial charge in [0.05, 0.1) is 11.3 Å². The van der Waals surface area contributed by atoms with Crippen molar-refractivity contribution in [1.29, 1.82) is 0 Å². The molecule has 0 bridgehead atoms. The van der Waals surface area contributed by atoms with Gasteiger partial charge in [-0.15, -0.1) is 13.2 Å². The van der Waals surface area contributed by atoms with E-state index in [1.165, 1.54) is 48.7 Å². The minimum atomic E-state index is -4.86. The number of alkyl halides is 3. The fourth-order valence-electron chi connectivity index (χ4n) is 4.67. The maximum atomic E-state index is 13.3. The number of anilines is 2. The fourth-order valence-corrected chi connectivity index (χ4v) is 5.72. The van der Waals surface area contributed by atoms with E-state index < -0.39 is 33.6 Å². The van der Waals surface area contributed by atoms with E-state index in [2.05, 4.69) is 14.7 Å². The second kappa shape index (κ2) is 9.78. The molecule has 1 saturated heterocycles. The van der Waals surface area contributed by atoms with Gasteiger partial charge in [0.15, 0.2) is 0 Å². The third kappa shape index (κ3) is 5.82. The summed E-state index contributed by atoms with van der Waals surface area (Å²) in [5.74, 6) is -1.18. The van der Waals surface area contributed by atoms with Crippen molar-refractivity contribution in [3.8, 4) is 17.0 Å². The van der Waals surface area contributed by atoms with Crippen LogP contribution >= 0.6 is 0 Å². The average molecular weight is 550 g/mol. The molecule has 1 fully saturated rings. The van der Waals surface area contributed by atoms with Gasteiger partial charge in [-0.25, -0.2) is 23.1 Å². The summed E-state index contributed by atoms with van der Waals surface area (Å²) in [5, 5.41) is 0. The Hall–Kier alpha value is -3.87. The molecule has 0 radical (unpaired) electrons. The van der Waals surface area contributed by atoms with Gasteiger partial charge in [0.2, 0.25) is 0 Å². The quantitative estimate of drug-likeness (QED) is 0.464. The highest BCUT2D eigenvalue weighted by molar-refractivity contribution is 7.90. The Morgan fingerprint density at radius 3 is 2.55 bits per heavy atom. The Labute approximate surface area is 217 Å². The number of amides is 1. The smallest absolute Gasteiger partial charge is 0.406 e. The first-order valence-electron chi connectivity index (χ1n) is 11.6. The van der Waals surface area contributed by atoms with Crippen LogP contribution in [0.2, 0.25) is 0 Å². The lowest BCUT2D eigenvalue weighted by atomic mass is 9.97. The van der Waals surface area contributed by atoms with Crippen LogP contribution in [0, 0.1) is 5.92 Å². The summed E-state index contributed by atoms with van der Waals surface area (Å²) in [4.78, 5) is 23.2. The van der Waals surface area contributed by atoms with Crippen molar-refractivity contribution in [3.05, 3.63) is 60.3 Å². The number of hydrogen-bond donors (Lipinski definition) is 2. The fraction of sp³-hybridized carbons (Fsp3) is 0.320. The van der Waals surface area contributed by atoms with Crippen molar-refractivity contribution in [2.75, 3.05) is 17.2 Å². The first-order valence-corrected chi connectivity index (χ1v) is 13.1. The molecule has 0 aliphatic carbocycles. The van der Waals surface area contributed by atoms with Gasteiger partial charge in [-0.1, -0.05) is 19.1 Å². The van der Waals surface area contributed by atoms with Crippen molar-refractivity contribution in [1.82, 2.24) is 14.7 Å². The first kappa shape index (κ1) is 27.2. The van der Waals surface area contributed by atoms with Crippen LogP contribution in [0.15, 0.2) is 59.6 Å². The van der Waals surface area contributed by atoms with Crippen LogP contribution in [0.1, 0.15) is 37.6 Å². The van der Waals surface area contributed by atoms with E-state index in [1.54, 1.807) is 6.07 Å². The Kier molecular flexibility index (Phi) is 6.99. The number of hydrogen-bond acceptors (Lipinski definition) is 8. The second-order valence-electron chi connectivity index (χ2n) is 9.70. The largest absolute Gasteiger partial charge is 0.573 e. The molecule has 202 valence electrons. The number of carbonyl (C=O) groups is 1. The number of sulfonamides is 1. The summed E-state index contributed by atoms with van der Waals surface area (Å²) in [5.41, 5.74) is 5.83. The maximum absolute atomic E-state index is 13.3. The van der Waals surface area contributed by atoms with Gasteiger partial charge >= 0.3 is 6.36 Å². The van der Waals surface area contributed by atoms with Gasteiger partial charge < -0.3 is 15.4 Å². The molecule has 1 aliphatic rings. The molecular formula is C25H26F3N5O4S. The lowest BCUT2D eigenvalue weighted by Crippen LogP contribution is -2.41. The average Bonchev–Trinajstić information content (AvgIpc) is 3.09. The molecule has 0 spiro atoms. The highest BCUT2D eigenvalue weighted by atomic mass is 32.2. The van der Waals surface area contributed by atoms with Crippen molar-refractivity contribution in [2.24, 2.45) is 5.92 Å². The maximum Gasteiger partial charge on any atom is 0.573 e. The molecule has 0 saturated carbocycles. The number of nitrogens with zero attached hydrogens (tertiary/aromatic N) is 3. The Balaban J connectivity index is 1.77. The van der Waals surface area contributed by atoms with Crippen LogP contribution in [-0.4, -0.2) is 42.7 Å². The van der Waals surface area contributed by atoms with Gasteiger partial charge in [-0.2, -0.15) is 0 Å². The van der Waals surface area contributed by atoms with Crippen LogP contribution < -0.4 is 20.1 Å². The topological polar surface area (TPSA) is 128 Å². The van der Waals surface area contributed by atoms with Crippen LogP contribution in [0.4, 0.5) is 24.8 Å². The number of carbonyl (C=O) groups excluding carboxylic acids is 1. The van der Waals surface area contributed by atoms with Gasteiger partial charge in [0.25, 0.3) is 15.9 Å². The highest BCUT2D eigenvalue weighted by Gasteiger charge is 2.39. The van der Waals surface area contributed by atoms with Crippen molar-refractivity contribution < 1.29 is 31.1 Å². The Bertz CT molecular complexity index is 1480. The lowest BCUT2D eigenvalue weighted by Gasteiger charge is -2.34. The predicted molar refractivity (Wildman–Crippen MR) is 135 cm³/mol. The summed E-state index contributed by atoms with van der Waals surface area (Å²) in [6.45, 7) is 6.51. The number of aromatic nitrogens is 2. The molecule has 13 heteroatoms. The minimum absolute atomic E-state index is 0.0235. The third-order valence-electron chi connectivity index (χ3n) is 6.13. The molecule has 1 aliphatic heterocycles. The first-order chi connectivity index (χ1) is 17.7. The number of nitrogen functional groups attached to an aromatic ring is 1. The van der Waals surface area contributed by atoms with Crippen molar-refractivity contribution >= 4 is 27.6 Å². The molecule has 0 unspecified atom stereocenters. The summed E-state index contributed by atoms with van der Waals surface area (Å²) >= 11 is 0. The van der Waals surface area contributed by atoms with E-state index >= 15 is 0 Å². The summed E-state index contributed by atoms with van der Waals surface area (Å²) in [6, 6.07) is 10.7. The highest BCUT2D eigenvalue weighted by Crippen LogP contribution is 2.38. The number of pyridine rings is 2. The Morgan fingerprint density at radius 1 is 1.18 bits per heavy atom. The molecule has 2 aromatic heterocycles. The number of nitrogens with two attached hydrogens (primary N) is 1. The van der Waals surface area contributed by atoms with Gasteiger partial charge in [-0.05, 0) is 62.6 Å². The summed E-state index contributed by atoms with van der Waals surface area (Å²) in [7, 11) is -4.36. The molecule has 38 heavy (non-hydrogen) atoms. The Morgan fingerprint density at radius 2 is 1.92 bits per heavy atom. The van der Waals surface area contributed by atoms with Crippen molar-refractivity contribution in [2.45, 2.75) is 44.0 Å². The number of benzene rings is 1. The zero-order chi connectivity index (χ0) is 27.9. The van der Waals surface area contributed by atoms with E-state index in [4.69, 9.17) is 5.73 Å². The molecule has 4 rings (SSSR count). The standard InChI is InChI=1S/C25H26F3N5O4S/c1-15-13-24(2,3)33(14-15)22-18(23(34)32-38(35,36)20-8-5-11-30-21(20)29)9-10-19(31-22)16-6-4-7-17(12-16)37-25(26,27)28/h4-12,15H,13-14H2,1-3H3,(H2,29,30)(H,32,34)/t15-/m0/s1. The minimum Gasteiger partial charge on any atom is -0.406 e. The van der Waals surface area contributed by atoms with Crippen molar-refractivity contribution in [3.63, 3.8) is 0 Å². The monoisotopic (exact) mass is 549 g/mol. The molecule has 9 nitrogen and oxygen atoms in total. The van der Waals surface area contributed by atoms with E-state index in [0.29, 0.717) is 12.1 Å². The van der Waals surface area contributed by atoms with E-state index in [0.717, 1.165) is 6.42 Å². The number of halogens is 3. The molecule has 3 aromatic rings. The number of rotatable bonds is 6. The van der Waals surface area contributed by atoms with E-state index in [9.17, 15) is 26.4 Å². The number of nitrogens with one attached hydrogen (secondary N) is 1. The van der Waals surface area contributed by atoms with Crippen LogP contribution in [0.3, 0.4) is 0 Å². The van der Waals surface area contributed by atoms with Crippen LogP contribution in [0.25, 0.3) is 11.3 Å². The molecule has 1 amide bonds. The SMILES string of the molecule is C[C@@H]1CN(c2nc(-c3cccc(OC(F)(F)F)c3)ccc2C(=O)NS(=O)(=O)c2cccnc2N)C(C)(C)C1. The second-order valence-corrected chi connectivity index (χ2v) is 11.3. The normalized spacial score (nSPS) is 17.3. The van der Waals surface area contributed by atoms with Crippen LogP contribution in [-0.2, 0) is 10.0 Å². The van der Waals surface area contributed by atoms with Gasteiger partial charge in [0.1, 0.15) is 22.3 Å². The van der Waals surface area contributed by atoms with Crippen LogP contribution in [0.5, 0.6) is 5.75 Å². The molecule has 1 aromatic carbocycles.